The number of carbonyl (C=O) groups is 1. The number of nitrogens with two attached hydrogens (primary N) is 1. The van der Waals surface area contributed by atoms with Crippen molar-refractivity contribution >= 4 is 5.91 Å². The lowest BCUT2D eigenvalue weighted by Crippen LogP contribution is -2.42. The van der Waals surface area contributed by atoms with E-state index in [0.717, 1.165) is 0 Å². The zero-order chi connectivity index (χ0) is 8.91. The minimum atomic E-state index is -0.147. The zero-order valence-electron chi connectivity index (χ0n) is 7.40. The first-order valence-corrected chi connectivity index (χ1v) is 3.70. The Morgan fingerprint density at radius 2 is 2.00 bits per heavy atom. The van der Waals surface area contributed by atoms with Gasteiger partial charge in [-0.1, -0.05) is 0 Å². The lowest BCUT2D eigenvalue weighted by molar-refractivity contribution is -0.122. The van der Waals surface area contributed by atoms with Crippen LogP contribution in [-0.2, 0) is 4.79 Å². The first-order chi connectivity index (χ1) is 4.95. The molecule has 0 aliphatic heterocycles. The highest BCUT2D eigenvalue weighted by Crippen LogP contribution is 1.98. The van der Waals surface area contributed by atoms with Crippen molar-refractivity contribution in [3.8, 4) is 0 Å². The van der Waals surface area contributed by atoms with Gasteiger partial charge in [0.2, 0.25) is 5.91 Å². The van der Waals surface area contributed by atoms with Crippen LogP contribution < -0.4 is 16.6 Å². The third kappa shape index (κ3) is 7.29. The predicted molar refractivity (Wildman–Crippen MR) is 44.7 cm³/mol. The fourth-order valence-electron chi connectivity index (χ4n) is 0.666. The van der Waals surface area contributed by atoms with Crippen LogP contribution in [0.25, 0.3) is 0 Å². The van der Waals surface area contributed by atoms with Crippen molar-refractivity contribution in [2.45, 2.75) is 32.7 Å². The minimum Gasteiger partial charge on any atom is -0.351 e. The number of amides is 1. The van der Waals surface area contributed by atoms with E-state index >= 15 is 0 Å². The minimum absolute atomic E-state index is 0.0236. The highest BCUT2D eigenvalue weighted by atomic mass is 16.1. The van der Waals surface area contributed by atoms with Gasteiger partial charge < -0.3 is 5.32 Å². The quantitative estimate of drug-likeness (QED) is 0.393. The van der Waals surface area contributed by atoms with E-state index in [1.54, 1.807) is 0 Å². The molecule has 1 amide bonds. The van der Waals surface area contributed by atoms with E-state index in [1.165, 1.54) is 0 Å². The molecule has 0 fully saturated rings. The molecule has 0 spiro atoms. The van der Waals surface area contributed by atoms with Crippen LogP contribution in [0.2, 0.25) is 0 Å². The second-order valence-electron chi connectivity index (χ2n) is 3.50. The molecular formula is C7H17N3O. The van der Waals surface area contributed by atoms with Crippen LogP contribution in [0.15, 0.2) is 0 Å². The molecule has 0 rings (SSSR count). The molecule has 0 aromatic carbocycles. The van der Waals surface area contributed by atoms with Crippen molar-refractivity contribution in [3.63, 3.8) is 0 Å². The Morgan fingerprint density at radius 1 is 1.45 bits per heavy atom. The van der Waals surface area contributed by atoms with Crippen LogP contribution in [0, 0.1) is 0 Å². The van der Waals surface area contributed by atoms with E-state index in [0.29, 0.717) is 13.0 Å². The monoisotopic (exact) mass is 159 g/mol. The van der Waals surface area contributed by atoms with Gasteiger partial charge in [-0.3, -0.25) is 16.1 Å². The maximum absolute atomic E-state index is 11.0. The van der Waals surface area contributed by atoms with Gasteiger partial charge in [-0.15, -0.1) is 0 Å². The molecule has 0 radical (unpaired) electrons. The highest BCUT2D eigenvalue weighted by molar-refractivity contribution is 5.76. The topological polar surface area (TPSA) is 67.2 Å². The van der Waals surface area contributed by atoms with Gasteiger partial charge >= 0.3 is 0 Å². The Hall–Kier alpha value is -0.610. The van der Waals surface area contributed by atoms with Gasteiger partial charge in [0.25, 0.3) is 0 Å². The van der Waals surface area contributed by atoms with Crippen LogP contribution in [-0.4, -0.2) is 18.0 Å². The number of hydrogen-bond donors (Lipinski definition) is 3. The van der Waals surface area contributed by atoms with Crippen LogP contribution in [0.4, 0.5) is 0 Å². The van der Waals surface area contributed by atoms with Crippen molar-refractivity contribution in [1.29, 1.82) is 0 Å². The average Bonchev–Trinajstić information content (AvgIpc) is 1.79. The summed E-state index contributed by atoms with van der Waals surface area (Å²) in [4.78, 5) is 11.0. The van der Waals surface area contributed by atoms with Crippen LogP contribution in [0.5, 0.6) is 0 Å². The van der Waals surface area contributed by atoms with E-state index in [9.17, 15) is 4.79 Å². The molecule has 0 aromatic rings. The van der Waals surface area contributed by atoms with Gasteiger partial charge in [0.05, 0.1) is 0 Å². The molecule has 0 bridgehead atoms. The molecule has 4 N–H and O–H groups in total. The summed E-state index contributed by atoms with van der Waals surface area (Å²) < 4.78 is 0. The first kappa shape index (κ1) is 10.4. The summed E-state index contributed by atoms with van der Waals surface area (Å²) in [5.41, 5.74) is 2.28. The second-order valence-corrected chi connectivity index (χ2v) is 3.50. The number of hydrogen-bond acceptors (Lipinski definition) is 3. The van der Waals surface area contributed by atoms with Crippen LogP contribution in [0.1, 0.15) is 27.2 Å². The second kappa shape index (κ2) is 4.31. The van der Waals surface area contributed by atoms with Gasteiger partial charge in [0, 0.05) is 18.5 Å². The first-order valence-electron chi connectivity index (χ1n) is 3.70. The van der Waals surface area contributed by atoms with Crippen molar-refractivity contribution in [2.75, 3.05) is 6.54 Å². The van der Waals surface area contributed by atoms with Crippen LogP contribution >= 0.6 is 0 Å². The normalized spacial score (nSPS) is 11.3. The van der Waals surface area contributed by atoms with Crippen molar-refractivity contribution in [1.82, 2.24) is 10.7 Å². The molecule has 0 heterocycles. The molecule has 0 saturated heterocycles. The molecule has 0 aromatic heterocycles. The van der Waals surface area contributed by atoms with Crippen molar-refractivity contribution in [3.05, 3.63) is 0 Å². The van der Waals surface area contributed by atoms with E-state index in [2.05, 4.69) is 10.7 Å². The summed E-state index contributed by atoms with van der Waals surface area (Å²) in [6, 6.07) is 0. The molecule has 4 nitrogen and oxygen atoms in total. The molecule has 4 heteroatoms. The van der Waals surface area contributed by atoms with Gasteiger partial charge in [-0.05, 0) is 20.8 Å². The molecule has 0 aliphatic rings. The Bertz CT molecular complexity index is 128. The Kier molecular flexibility index (Phi) is 4.07. The summed E-state index contributed by atoms with van der Waals surface area (Å²) in [6.07, 6.45) is 0.424. The maximum atomic E-state index is 11.0. The summed E-state index contributed by atoms with van der Waals surface area (Å²) in [5, 5.41) is 2.82. The summed E-state index contributed by atoms with van der Waals surface area (Å²) >= 11 is 0. The number of hydrazine groups is 1. The third-order valence-electron chi connectivity index (χ3n) is 1.01. The maximum Gasteiger partial charge on any atom is 0.221 e. The number of nitrogens with one attached hydrogen (secondary N) is 2. The van der Waals surface area contributed by atoms with E-state index in [1.807, 2.05) is 20.8 Å². The predicted octanol–water partition coefficient (Wildman–Crippen LogP) is -0.245. The molecule has 0 atom stereocenters. The highest BCUT2D eigenvalue weighted by Gasteiger charge is 2.12. The number of carbonyl (C=O) groups excluding carboxylic acids is 1. The van der Waals surface area contributed by atoms with E-state index < -0.39 is 0 Å². The molecule has 0 saturated carbocycles. The molecule has 0 aliphatic carbocycles. The van der Waals surface area contributed by atoms with Gasteiger partial charge in [-0.2, -0.15) is 0 Å². The Morgan fingerprint density at radius 3 is 2.36 bits per heavy atom. The fraction of sp³-hybridized carbons (Fsp3) is 0.857. The SMILES string of the molecule is CC(C)(C)NC(=O)CCNN. The van der Waals surface area contributed by atoms with Gasteiger partial charge in [0.1, 0.15) is 0 Å². The average molecular weight is 159 g/mol. The lowest BCUT2D eigenvalue weighted by Gasteiger charge is -2.20. The smallest absolute Gasteiger partial charge is 0.221 e. The van der Waals surface area contributed by atoms with Crippen LogP contribution in [0.3, 0.4) is 0 Å². The molecule has 11 heavy (non-hydrogen) atoms. The molecular weight excluding hydrogens is 142 g/mol. The van der Waals surface area contributed by atoms with Gasteiger partial charge in [-0.25, -0.2) is 0 Å². The van der Waals surface area contributed by atoms with Gasteiger partial charge in [0.15, 0.2) is 0 Å². The summed E-state index contributed by atoms with van der Waals surface area (Å²) in [5.74, 6) is 5.03. The van der Waals surface area contributed by atoms with E-state index in [-0.39, 0.29) is 11.4 Å². The standard InChI is InChI=1S/C7H17N3O/c1-7(2,3)10-6(11)4-5-9-8/h9H,4-5,8H2,1-3H3,(H,10,11). The van der Waals surface area contributed by atoms with E-state index in [4.69, 9.17) is 5.84 Å². The third-order valence-corrected chi connectivity index (χ3v) is 1.01. The van der Waals surface area contributed by atoms with Crippen molar-refractivity contribution in [2.24, 2.45) is 5.84 Å². The molecule has 66 valence electrons. The Balaban J connectivity index is 3.53. The summed E-state index contributed by atoms with van der Waals surface area (Å²) in [6.45, 7) is 6.35. The van der Waals surface area contributed by atoms with Crippen molar-refractivity contribution < 1.29 is 4.79 Å². The fourth-order valence-corrected chi connectivity index (χ4v) is 0.666. The Labute approximate surface area is 67.5 Å². The largest absolute Gasteiger partial charge is 0.351 e. The summed E-state index contributed by atoms with van der Waals surface area (Å²) in [7, 11) is 0. The number of rotatable bonds is 3. The zero-order valence-corrected chi connectivity index (χ0v) is 7.40. The lowest BCUT2D eigenvalue weighted by atomic mass is 10.1. The molecule has 0 unspecified atom stereocenters.